The van der Waals surface area contributed by atoms with Crippen molar-refractivity contribution in [1.29, 1.82) is 0 Å². The largest absolute Gasteiger partial charge is 0.486 e. The minimum atomic E-state index is -0.587. The Morgan fingerprint density at radius 3 is 2.61 bits per heavy atom. The number of nitrogens with zero attached hydrogens (tertiary/aromatic N) is 2. The third kappa shape index (κ3) is 3.92. The molecule has 1 aromatic rings. The molecule has 0 unspecified atom stereocenters. The minimum absolute atomic E-state index is 0.0150. The van der Waals surface area contributed by atoms with E-state index >= 15 is 0 Å². The number of hydrogen-bond acceptors (Lipinski definition) is 5. The molecule has 1 heterocycles. The highest BCUT2D eigenvalue weighted by atomic mass is 16.5. The van der Waals surface area contributed by atoms with Crippen LogP contribution in [0.15, 0.2) is 4.79 Å². The number of esters is 1. The van der Waals surface area contributed by atoms with Crippen molar-refractivity contribution in [1.82, 2.24) is 9.55 Å². The van der Waals surface area contributed by atoms with E-state index in [-0.39, 0.29) is 29.5 Å². The Hall–Kier alpha value is -1.85. The van der Waals surface area contributed by atoms with Crippen LogP contribution in [0.4, 0.5) is 0 Å². The summed E-state index contributed by atoms with van der Waals surface area (Å²) in [5, 5.41) is 0. The molecule has 2 rings (SSSR count). The van der Waals surface area contributed by atoms with Gasteiger partial charge in [-0.25, -0.2) is 9.78 Å². The predicted octanol–water partition coefficient (Wildman–Crippen LogP) is 2.79. The molecule has 23 heavy (non-hydrogen) atoms. The Kier molecular flexibility index (Phi) is 6.19. The number of aromatic nitrogens is 2. The number of unbranched alkanes of at least 4 members (excludes halogenated alkanes) is 1. The summed E-state index contributed by atoms with van der Waals surface area (Å²) in [6.07, 6.45) is 6.02. The Labute approximate surface area is 136 Å². The van der Waals surface area contributed by atoms with E-state index in [0.717, 1.165) is 38.5 Å². The average Bonchev–Trinajstić information content (AvgIpc) is 3.06. The van der Waals surface area contributed by atoms with Gasteiger partial charge in [-0.15, -0.1) is 0 Å². The maximum Gasteiger partial charge on any atom is 0.361 e. The summed E-state index contributed by atoms with van der Waals surface area (Å²) in [7, 11) is 1.70. The lowest BCUT2D eigenvalue weighted by molar-refractivity contribution is 0.0512. The van der Waals surface area contributed by atoms with Crippen molar-refractivity contribution in [2.24, 2.45) is 7.05 Å². The van der Waals surface area contributed by atoms with Gasteiger partial charge in [0.2, 0.25) is 5.75 Å². The molecule has 1 fully saturated rings. The lowest BCUT2D eigenvalue weighted by Gasteiger charge is -2.17. The Morgan fingerprint density at radius 2 is 2.00 bits per heavy atom. The van der Waals surface area contributed by atoms with Crippen molar-refractivity contribution in [3.63, 3.8) is 0 Å². The predicted molar refractivity (Wildman–Crippen MR) is 87.0 cm³/mol. The van der Waals surface area contributed by atoms with Gasteiger partial charge >= 0.3 is 5.97 Å². The normalized spacial score (nSPS) is 14.9. The molecular weight excluding hydrogens is 296 g/mol. The van der Waals surface area contributed by atoms with Gasteiger partial charge in [0, 0.05) is 13.0 Å². The van der Waals surface area contributed by atoms with Crippen LogP contribution in [0, 0.1) is 0 Å². The lowest BCUT2D eigenvalue weighted by atomic mass is 10.1. The molecule has 0 radical (unpaired) electrons. The van der Waals surface area contributed by atoms with Crippen LogP contribution in [0.2, 0.25) is 0 Å². The summed E-state index contributed by atoms with van der Waals surface area (Å²) in [4.78, 5) is 29.4. The second-order valence-corrected chi connectivity index (χ2v) is 5.92. The summed E-state index contributed by atoms with van der Waals surface area (Å²) in [5.74, 6) is 0.320. The van der Waals surface area contributed by atoms with Crippen molar-refractivity contribution < 1.29 is 14.3 Å². The standard InChI is InChI=1S/C17H26N2O4/c1-4-6-11-23-14-13(17(21)22-5-2)18-15(19(3)16(14)20)12-9-7-8-10-12/h12H,4-11H2,1-3H3. The van der Waals surface area contributed by atoms with Crippen LogP contribution in [0.3, 0.4) is 0 Å². The van der Waals surface area contributed by atoms with Gasteiger partial charge in [-0.3, -0.25) is 9.36 Å². The van der Waals surface area contributed by atoms with E-state index in [1.165, 1.54) is 4.57 Å². The number of carbonyl (C=O) groups excluding carboxylic acids is 1. The second kappa shape index (κ2) is 8.13. The van der Waals surface area contributed by atoms with Crippen LogP contribution in [0.25, 0.3) is 0 Å². The van der Waals surface area contributed by atoms with Crippen LogP contribution < -0.4 is 10.3 Å². The molecule has 6 heteroatoms. The highest BCUT2D eigenvalue weighted by Gasteiger charge is 2.27. The first kappa shape index (κ1) is 17.5. The van der Waals surface area contributed by atoms with E-state index in [4.69, 9.17) is 9.47 Å². The summed E-state index contributed by atoms with van der Waals surface area (Å²) < 4.78 is 12.2. The van der Waals surface area contributed by atoms with Gasteiger partial charge in [0.1, 0.15) is 5.82 Å². The van der Waals surface area contributed by atoms with Crippen molar-refractivity contribution >= 4 is 5.97 Å². The Balaban J connectivity index is 2.44. The van der Waals surface area contributed by atoms with Crippen LogP contribution >= 0.6 is 0 Å². The average molecular weight is 322 g/mol. The Morgan fingerprint density at radius 1 is 1.30 bits per heavy atom. The zero-order valence-corrected chi connectivity index (χ0v) is 14.3. The topological polar surface area (TPSA) is 70.4 Å². The van der Waals surface area contributed by atoms with Crippen LogP contribution in [-0.2, 0) is 11.8 Å². The van der Waals surface area contributed by atoms with Crippen LogP contribution in [0.5, 0.6) is 5.75 Å². The fraction of sp³-hybridized carbons (Fsp3) is 0.706. The van der Waals surface area contributed by atoms with Crippen molar-refractivity contribution in [3.05, 3.63) is 21.9 Å². The molecule has 0 N–H and O–H groups in total. The monoisotopic (exact) mass is 322 g/mol. The van der Waals surface area contributed by atoms with E-state index in [9.17, 15) is 9.59 Å². The minimum Gasteiger partial charge on any atom is -0.486 e. The highest BCUT2D eigenvalue weighted by Crippen LogP contribution is 2.33. The Bertz CT molecular complexity index is 603. The number of carbonyl (C=O) groups is 1. The third-order valence-corrected chi connectivity index (χ3v) is 4.22. The molecule has 128 valence electrons. The van der Waals surface area contributed by atoms with Gasteiger partial charge in [-0.05, 0) is 26.2 Å². The lowest BCUT2D eigenvalue weighted by Crippen LogP contribution is -2.29. The molecule has 6 nitrogen and oxygen atoms in total. The zero-order valence-electron chi connectivity index (χ0n) is 14.3. The van der Waals surface area contributed by atoms with E-state index in [1.807, 2.05) is 6.92 Å². The van der Waals surface area contributed by atoms with E-state index in [0.29, 0.717) is 12.4 Å². The second-order valence-electron chi connectivity index (χ2n) is 5.92. The highest BCUT2D eigenvalue weighted by molar-refractivity contribution is 5.90. The van der Waals surface area contributed by atoms with E-state index in [1.54, 1.807) is 14.0 Å². The summed E-state index contributed by atoms with van der Waals surface area (Å²) >= 11 is 0. The molecule has 0 aromatic carbocycles. The van der Waals surface area contributed by atoms with Crippen molar-refractivity contribution in [3.8, 4) is 5.75 Å². The number of ether oxygens (including phenoxy) is 2. The first-order chi connectivity index (χ1) is 11.1. The molecule has 1 aliphatic carbocycles. The van der Waals surface area contributed by atoms with Gasteiger partial charge in [0.15, 0.2) is 5.69 Å². The maximum absolute atomic E-state index is 12.7. The number of hydrogen-bond donors (Lipinski definition) is 0. The molecule has 0 bridgehead atoms. The van der Waals surface area contributed by atoms with Gasteiger partial charge in [-0.2, -0.15) is 0 Å². The summed E-state index contributed by atoms with van der Waals surface area (Å²) in [6.45, 7) is 4.40. The quantitative estimate of drug-likeness (QED) is 0.570. The number of rotatable bonds is 7. The van der Waals surface area contributed by atoms with Crippen LogP contribution in [0.1, 0.15) is 74.6 Å². The zero-order chi connectivity index (χ0) is 16.8. The maximum atomic E-state index is 12.7. The SMILES string of the molecule is CCCCOc1c(C(=O)OCC)nc(C2CCCC2)n(C)c1=O. The third-order valence-electron chi connectivity index (χ3n) is 4.22. The molecule has 0 saturated heterocycles. The first-order valence-electron chi connectivity index (χ1n) is 8.50. The molecular formula is C17H26N2O4. The molecule has 0 amide bonds. The van der Waals surface area contributed by atoms with Crippen molar-refractivity contribution in [2.45, 2.75) is 58.3 Å². The van der Waals surface area contributed by atoms with Gasteiger partial charge in [0.05, 0.1) is 13.2 Å². The molecule has 1 aromatic heterocycles. The molecule has 0 aliphatic heterocycles. The summed E-state index contributed by atoms with van der Waals surface area (Å²) in [5.41, 5.74) is -0.283. The van der Waals surface area contributed by atoms with Crippen molar-refractivity contribution in [2.75, 3.05) is 13.2 Å². The first-order valence-corrected chi connectivity index (χ1v) is 8.50. The molecule has 1 saturated carbocycles. The fourth-order valence-corrected chi connectivity index (χ4v) is 2.93. The van der Waals surface area contributed by atoms with Gasteiger partial charge in [-0.1, -0.05) is 26.2 Å². The fourth-order valence-electron chi connectivity index (χ4n) is 2.93. The molecule has 0 atom stereocenters. The van der Waals surface area contributed by atoms with Gasteiger partial charge < -0.3 is 9.47 Å². The molecule has 1 aliphatic rings. The van der Waals surface area contributed by atoms with E-state index < -0.39 is 5.97 Å². The smallest absolute Gasteiger partial charge is 0.361 e. The molecule has 0 spiro atoms. The van der Waals surface area contributed by atoms with Gasteiger partial charge in [0.25, 0.3) is 5.56 Å². The summed E-state index contributed by atoms with van der Waals surface area (Å²) in [6, 6.07) is 0. The van der Waals surface area contributed by atoms with Crippen LogP contribution in [-0.4, -0.2) is 28.7 Å². The van der Waals surface area contributed by atoms with E-state index in [2.05, 4.69) is 4.98 Å².